The number of hydrazine groups is 1. The molecule has 1 aromatic carbocycles. The Balaban J connectivity index is 1.67. The van der Waals surface area contributed by atoms with Crippen molar-refractivity contribution in [3.05, 3.63) is 30.3 Å². The second-order valence-corrected chi connectivity index (χ2v) is 5.12. The molecule has 0 saturated heterocycles. The minimum atomic E-state index is -0.331. The van der Waals surface area contributed by atoms with Crippen LogP contribution in [0.5, 0.6) is 0 Å². The summed E-state index contributed by atoms with van der Waals surface area (Å²) in [6, 6.07) is 9.54. The molecule has 1 saturated carbocycles. The van der Waals surface area contributed by atoms with Crippen LogP contribution in [0, 0.1) is 0 Å². The molecule has 108 valence electrons. The minimum Gasteiger partial charge on any atom is -0.353 e. The molecule has 3 N–H and O–H groups in total. The van der Waals surface area contributed by atoms with Gasteiger partial charge in [-0.25, -0.2) is 0 Å². The molecule has 2 amide bonds. The molecule has 1 aromatic rings. The number of carbonyl (C=O) groups is 2. The lowest BCUT2D eigenvalue weighted by molar-refractivity contribution is -0.129. The summed E-state index contributed by atoms with van der Waals surface area (Å²) in [6.45, 7) is 0. The fourth-order valence-corrected chi connectivity index (χ4v) is 2.38. The highest BCUT2D eigenvalue weighted by Crippen LogP contribution is 2.17. The van der Waals surface area contributed by atoms with E-state index < -0.39 is 0 Å². The van der Waals surface area contributed by atoms with Gasteiger partial charge >= 0.3 is 0 Å². The van der Waals surface area contributed by atoms with Gasteiger partial charge in [0.1, 0.15) is 6.42 Å². The third kappa shape index (κ3) is 4.91. The van der Waals surface area contributed by atoms with Crippen molar-refractivity contribution in [3.8, 4) is 0 Å². The molecule has 5 heteroatoms. The van der Waals surface area contributed by atoms with Gasteiger partial charge < -0.3 is 5.32 Å². The zero-order valence-corrected chi connectivity index (χ0v) is 11.5. The van der Waals surface area contributed by atoms with E-state index in [1.807, 2.05) is 30.3 Å². The lowest BCUT2D eigenvalue weighted by atomic mass is 9.95. The molecule has 0 aromatic heterocycles. The Morgan fingerprint density at radius 1 is 1.00 bits per heavy atom. The molecule has 0 radical (unpaired) electrons. The summed E-state index contributed by atoms with van der Waals surface area (Å²) in [5.74, 6) is -0.536. The van der Waals surface area contributed by atoms with Gasteiger partial charge in [-0.15, -0.1) is 0 Å². The second-order valence-electron chi connectivity index (χ2n) is 5.12. The highest BCUT2D eigenvalue weighted by atomic mass is 16.2. The van der Waals surface area contributed by atoms with E-state index in [-0.39, 0.29) is 24.3 Å². The van der Waals surface area contributed by atoms with Gasteiger partial charge in [0, 0.05) is 6.04 Å². The van der Waals surface area contributed by atoms with Gasteiger partial charge in [0.25, 0.3) is 0 Å². The lowest BCUT2D eigenvalue weighted by Crippen LogP contribution is -2.40. The third-order valence-corrected chi connectivity index (χ3v) is 3.41. The third-order valence-electron chi connectivity index (χ3n) is 3.41. The normalized spacial score (nSPS) is 15.4. The number of rotatable bonds is 5. The molecule has 0 atom stereocenters. The topological polar surface area (TPSA) is 70.2 Å². The van der Waals surface area contributed by atoms with Crippen LogP contribution in [-0.2, 0) is 9.59 Å². The number of para-hydroxylation sites is 1. The molecule has 0 unspecified atom stereocenters. The van der Waals surface area contributed by atoms with Gasteiger partial charge in [-0.2, -0.15) is 0 Å². The van der Waals surface area contributed by atoms with Crippen LogP contribution in [-0.4, -0.2) is 17.9 Å². The Labute approximate surface area is 119 Å². The number of amides is 2. The lowest BCUT2D eigenvalue weighted by Gasteiger charge is -2.22. The van der Waals surface area contributed by atoms with Crippen LogP contribution in [0.25, 0.3) is 0 Å². The number of anilines is 1. The van der Waals surface area contributed by atoms with Gasteiger partial charge in [-0.05, 0) is 25.0 Å². The van der Waals surface area contributed by atoms with Crippen LogP contribution in [0.1, 0.15) is 38.5 Å². The molecule has 0 spiro atoms. The summed E-state index contributed by atoms with van der Waals surface area (Å²) >= 11 is 0. The van der Waals surface area contributed by atoms with Crippen molar-refractivity contribution < 1.29 is 9.59 Å². The molecule has 1 aliphatic carbocycles. The average molecular weight is 275 g/mol. The van der Waals surface area contributed by atoms with Crippen molar-refractivity contribution in [3.63, 3.8) is 0 Å². The van der Waals surface area contributed by atoms with Crippen LogP contribution in [0.4, 0.5) is 5.69 Å². The summed E-state index contributed by atoms with van der Waals surface area (Å²) in [6.07, 6.45) is 5.47. The smallest absolute Gasteiger partial charge is 0.247 e. The van der Waals surface area contributed by atoms with Crippen molar-refractivity contribution in [1.29, 1.82) is 0 Å². The van der Waals surface area contributed by atoms with E-state index in [0.717, 1.165) is 31.4 Å². The Morgan fingerprint density at radius 3 is 2.40 bits per heavy atom. The van der Waals surface area contributed by atoms with Crippen LogP contribution < -0.4 is 16.2 Å². The van der Waals surface area contributed by atoms with Crippen LogP contribution in [0.3, 0.4) is 0 Å². The standard InChI is InChI=1S/C15H21N3O2/c19-14(16-12-7-3-1-4-8-12)11-15(20)18-17-13-9-5-2-6-10-13/h2,5-6,9-10,12,17H,1,3-4,7-8,11H2,(H,16,19)(H,18,20). The maximum Gasteiger partial charge on any atom is 0.247 e. The Hall–Kier alpha value is -2.04. The van der Waals surface area contributed by atoms with E-state index in [1.54, 1.807) is 0 Å². The van der Waals surface area contributed by atoms with Gasteiger partial charge in [0.05, 0.1) is 5.69 Å². The fraction of sp³-hybridized carbons (Fsp3) is 0.467. The first kappa shape index (κ1) is 14.4. The van der Waals surface area contributed by atoms with E-state index in [9.17, 15) is 9.59 Å². The SMILES string of the molecule is O=C(CC(=O)NC1CCCCC1)NNc1ccccc1. The van der Waals surface area contributed by atoms with Gasteiger partial charge in [0.15, 0.2) is 0 Å². The van der Waals surface area contributed by atoms with Crippen molar-refractivity contribution in [2.24, 2.45) is 0 Å². The van der Waals surface area contributed by atoms with Gasteiger partial charge in [-0.1, -0.05) is 37.5 Å². The largest absolute Gasteiger partial charge is 0.353 e. The molecular formula is C15H21N3O2. The summed E-state index contributed by atoms with van der Waals surface area (Å²) in [5.41, 5.74) is 6.08. The number of carbonyl (C=O) groups excluding carboxylic acids is 2. The molecule has 1 aliphatic rings. The average Bonchev–Trinajstić information content (AvgIpc) is 2.47. The van der Waals surface area contributed by atoms with Gasteiger partial charge in [-0.3, -0.25) is 20.4 Å². The Kier molecular flexibility index (Phi) is 5.41. The first-order chi connectivity index (χ1) is 9.74. The van der Waals surface area contributed by atoms with Gasteiger partial charge in [0.2, 0.25) is 11.8 Å². The second kappa shape index (κ2) is 7.53. The maximum atomic E-state index is 11.7. The van der Waals surface area contributed by atoms with E-state index in [1.165, 1.54) is 6.42 Å². The predicted octanol–water partition coefficient (Wildman–Crippen LogP) is 1.97. The maximum absolute atomic E-state index is 11.7. The van der Waals surface area contributed by atoms with E-state index in [4.69, 9.17) is 0 Å². The summed E-state index contributed by atoms with van der Waals surface area (Å²) in [5, 5.41) is 2.92. The molecular weight excluding hydrogens is 254 g/mol. The van der Waals surface area contributed by atoms with Crippen molar-refractivity contribution in [2.75, 3.05) is 5.43 Å². The molecule has 1 fully saturated rings. The van der Waals surface area contributed by atoms with Crippen LogP contribution in [0.2, 0.25) is 0 Å². The highest BCUT2D eigenvalue weighted by molar-refractivity contribution is 5.97. The van der Waals surface area contributed by atoms with Crippen molar-refractivity contribution >= 4 is 17.5 Å². The van der Waals surface area contributed by atoms with Crippen LogP contribution >= 0.6 is 0 Å². The Bertz CT molecular complexity index is 442. The molecule has 0 heterocycles. The summed E-state index contributed by atoms with van der Waals surface area (Å²) < 4.78 is 0. The molecule has 0 aliphatic heterocycles. The fourth-order valence-electron chi connectivity index (χ4n) is 2.38. The Morgan fingerprint density at radius 2 is 1.70 bits per heavy atom. The molecule has 5 nitrogen and oxygen atoms in total. The van der Waals surface area contributed by atoms with Crippen molar-refractivity contribution in [1.82, 2.24) is 10.7 Å². The zero-order valence-electron chi connectivity index (χ0n) is 11.5. The predicted molar refractivity (Wildman–Crippen MR) is 77.8 cm³/mol. The number of benzene rings is 1. The van der Waals surface area contributed by atoms with E-state index >= 15 is 0 Å². The van der Waals surface area contributed by atoms with E-state index in [2.05, 4.69) is 16.2 Å². The number of hydrogen-bond donors (Lipinski definition) is 3. The molecule has 20 heavy (non-hydrogen) atoms. The molecule has 2 rings (SSSR count). The molecule has 0 bridgehead atoms. The zero-order chi connectivity index (χ0) is 14.2. The monoisotopic (exact) mass is 275 g/mol. The van der Waals surface area contributed by atoms with Crippen molar-refractivity contribution in [2.45, 2.75) is 44.6 Å². The number of nitrogens with one attached hydrogen (secondary N) is 3. The first-order valence-electron chi connectivity index (χ1n) is 7.13. The number of hydrogen-bond acceptors (Lipinski definition) is 3. The van der Waals surface area contributed by atoms with Crippen LogP contribution in [0.15, 0.2) is 30.3 Å². The summed E-state index contributed by atoms with van der Waals surface area (Å²) in [4.78, 5) is 23.4. The van der Waals surface area contributed by atoms with E-state index in [0.29, 0.717) is 0 Å². The minimum absolute atomic E-state index is 0.143. The first-order valence-corrected chi connectivity index (χ1v) is 7.13. The highest BCUT2D eigenvalue weighted by Gasteiger charge is 2.17. The quantitative estimate of drug-likeness (QED) is 0.568. The summed E-state index contributed by atoms with van der Waals surface area (Å²) in [7, 11) is 0.